The highest BCUT2D eigenvalue weighted by Gasteiger charge is 2.13. The third-order valence-electron chi connectivity index (χ3n) is 1.93. The van der Waals surface area contributed by atoms with Crippen molar-refractivity contribution in [3.05, 3.63) is 28.8 Å². The van der Waals surface area contributed by atoms with Crippen LogP contribution in [0.25, 0.3) is 0 Å². The van der Waals surface area contributed by atoms with E-state index in [9.17, 15) is 13.5 Å². The summed E-state index contributed by atoms with van der Waals surface area (Å²) in [6, 6.07) is 4.46. The predicted molar refractivity (Wildman–Crippen MR) is 56.7 cm³/mol. The largest absolute Gasteiger partial charge is 0.238 e. The molecule has 1 aromatic carbocycles. The number of benzene rings is 1. The van der Waals surface area contributed by atoms with Crippen molar-refractivity contribution >= 4 is 21.6 Å². The van der Waals surface area contributed by atoms with Crippen molar-refractivity contribution in [1.29, 1.82) is 0 Å². The van der Waals surface area contributed by atoms with Crippen LogP contribution >= 0.6 is 11.6 Å². The van der Waals surface area contributed by atoms with Crippen molar-refractivity contribution in [2.75, 3.05) is 6.61 Å². The van der Waals surface area contributed by atoms with Crippen LogP contribution in [0.5, 0.6) is 0 Å². The first-order chi connectivity index (χ1) is 6.95. The Morgan fingerprint density at radius 3 is 2.53 bits per heavy atom. The number of rotatable bonds is 4. The van der Waals surface area contributed by atoms with Crippen molar-refractivity contribution in [3.63, 3.8) is 0 Å². The summed E-state index contributed by atoms with van der Waals surface area (Å²) in [6.45, 7) is -0.243. The molecule has 0 aliphatic carbocycles. The monoisotopic (exact) mass is 248 g/mol. The minimum Gasteiger partial charge on any atom is -0.237 e. The molecule has 0 saturated heterocycles. The number of halogens is 1. The first-order valence-corrected chi connectivity index (χ1v) is 6.27. The van der Waals surface area contributed by atoms with Crippen molar-refractivity contribution in [2.24, 2.45) is 5.14 Å². The molecule has 0 atom stereocenters. The number of primary sulfonamides is 1. The van der Waals surface area contributed by atoms with Crippen LogP contribution in [-0.2, 0) is 21.6 Å². The lowest BCUT2D eigenvalue weighted by atomic mass is 10.1. The maximum Gasteiger partial charge on any atom is 0.238 e. The Morgan fingerprint density at radius 1 is 1.33 bits per heavy atom. The quantitative estimate of drug-likeness (QED) is 0.873. The molecule has 0 heterocycles. The smallest absolute Gasteiger partial charge is 0.237 e. The van der Waals surface area contributed by atoms with Gasteiger partial charge in [-0.3, -0.25) is 0 Å². The number of nitrogens with two attached hydrogens (primary N) is 1. The molecule has 0 aromatic heterocycles. The van der Waals surface area contributed by atoms with Gasteiger partial charge in [-0.15, -0.1) is 0 Å². The molecule has 0 bridgehead atoms. The van der Waals surface area contributed by atoms with Crippen LogP contribution in [0.15, 0.2) is 23.1 Å². The number of hydrogen-bond acceptors (Lipinski definition) is 2. The molecule has 1 aromatic rings. The fourth-order valence-electron chi connectivity index (χ4n) is 1.26. The summed E-state index contributed by atoms with van der Waals surface area (Å²) in [4.78, 5) is 0.00319. The molecule has 4 nitrogen and oxygen atoms in total. The summed E-state index contributed by atoms with van der Waals surface area (Å²) in [5.41, 5.74) is 0.540. The molecule has 0 unspecified atom stereocenters. The highest BCUT2D eigenvalue weighted by atomic mass is 35.5. The van der Waals surface area contributed by atoms with Gasteiger partial charge < -0.3 is 0 Å². The molecule has 0 spiro atoms. The molecule has 0 aliphatic heterocycles. The van der Waals surface area contributed by atoms with Crippen molar-refractivity contribution in [3.8, 4) is 0 Å². The van der Waals surface area contributed by atoms with Crippen LogP contribution in [0, 0.1) is 0 Å². The summed E-state index contributed by atoms with van der Waals surface area (Å²) in [6.07, 6.45) is 0.774. The lowest BCUT2D eigenvalue weighted by Gasteiger charge is -2.06. The Bertz CT molecular complexity index is 445. The summed E-state index contributed by atoms with van der Waals surface area (Å²) in [5, 5.41) is 15.7. The number of hydrogen-bond donors (Lipinski definition) is 1. The van der Waals surface area contributed by atoms with E-state index in [0.717, 1.165) is 0 Å². The van der Waals surface area contributed by atoms with E-state index in [4.69, 9.17) is 16.7 Å². The first kappa shape index (κ1) is 12.4. The van der Waals surface area contributed by atoms with Gasteiger partial charge in [0.2, 0.25) is 10.0 Å². The molecule has 0 saturated carbocycles. The molecule has 0 amide bonds. The predicted octanol–water partition coefficient (Wildman–Crippen LogP) is 1.35. The van der Waals surface area contributed by atoms with Crippen LogP contribution in [0.3, 0.4) is 0 Å². The maximum atomic E-state index is 11.2. The third kappa shape index (κ3) is 3.46. The van der Waals surface area contributed by atoms with Crippen molar-refractivity contribution < 1.29 is 13.5 Å². The van der Waals surface area contributed by atoms with Crippen molar-refractivity contribution in [2.45, 2.75) is 17.7 Å². The van der Waals surface area contributed by atoms with Gasteiger partial charge in [0.15, 0.2) is 0 Å². The number of aryl methyl sites for hydroxylation is 1. The maximum absolute atomic E-state index is 11.2. The van der Waals surface area contributed by atoms with Gasteiger partial charge in [0.1, 0.15) is 0 Å². The number of sulfonamides is 1. The van der Waals surface area contributed by atoms with Crippen LogP contribution in [-0.4, -0.2) is 15.0 Å². The van der Waals surface area contributed by atoms with Gasteiger partial charge in [0.05, 0.1) is 11.5 Å². The average Bonchev–Trinajstić information content (AvgIpc) is 2.14. The highest BCUT2D eigenvalue weighted by Crippen LogP contribution is 2.20. The van der Waals surface area contributed by atoms with Gasteiger partial charge in [0.25, 0.3) is 0 Å². The van der Waals surface area contributed by atoms with E-state index in [-0.39, 0.29) is 11.5 Å². The van der Waals surface area contributed by atoms with E-state index in [1.165, 1.54) is 6.07 Å². The Hall–Kier alpha value is -0.620. The minimum atomic E-state index is -3.77. The van der Waals surface area contributed by atoms with E-state index in [1.54, 1.807) is 12.1 Å². The third-order valence-corrected chi connectivity index (χ3v) is 3.15. The van der Waals surface area contributed by atoms with Crippen LogP contribution in [0.4, 0.5) is 0 Å². The lowest BCUT2D eigenvalue weighted by Crippen LogP contribution is -2.14. The molecule has 1 radical (unpaired) electrons. The molecule has 0 fully saturated rings. The standard InChI is InChI=1S/C9H11ClNO3S/c10-8-4-3-7(2-1-5-12)9(6-8)15(11,13)14/h3-4,6H,1-2,5H2,(H2,11,13,14). The van der Waals surface area contributed by atoms with E-state index in [2.05, 4.69) is 0 Å². The summed E-state index contributed by atoms with van der Waals surface area (Å²) < 4.78 is 22.4. The average molecular weight is 249 g/mol. The fraction of sp³-hybridized carbons (Fsp3) is 0.333. The summed E-state index contributed by atoms with van der Waals surface area (Å²) in [5.74, 6) is 0. The van der Waals surface area contributed by atoms with E-state index in [0.29, 0.717) is 23.4 Å². The Balaban J connectivity index is 3.15. The zero-order valence-corrected chi connectivity index (χ0v) is 9.51. The zero-order valence-electron chi connectivity index (χ0n) is 7.94. The van der Waals surface area contributed by atoms with Crippen LogP contribution < -0.4 is 5.14 Å². The molecule has 83 valence electrons. The second kappa shape index (κ2) is 4.94. The Labute approximate surface area is 93.7 Å². The summed E-state index contributed by atoms with van der Waals surface area (Å²) >= 11 is 5.68. The normalized spacial score (nSPS) is 11.7. The van der Waals surface area contributed by atoms with Gasteiger partial charge in [-0.2, -0.15) is 0 Å². The second-order valence-corrected chi connectivity index (χ2v) is 5.07. The van der Waals surface area contributed by atoms with E-state index in [1.807, 2.05) is 0 Å². The van der Waals surface area contributed by atoms with Crippen LogP contribution in [0.2, 0.25) is 5.02 Å². The zero-order chi connectivity index (χ0) is 11.5. The molecule has 0 aliphatic rings. The topological polar surface area (TPSA) is 80.1 Å². The van der Waals surface area contributed by atoms with Gasteiger partial charge in [-0.25, -0.2) is 18.7 Å². The molecular formula is C9H11ClNO3S. The van der Waals surface area contributed by atoms with Crippen LogP contribution in [0.1, 0.15) is 12.0 Å². The lowest BCUT2D eigenvalue weighted by molar-refractivity contribution is 0.189. The Kier molecular flexibility index (Phi) is 4.10. The fourth-order valence-corrected chi connectivity index (χ4v) is 2.33. The second-order valence-electron chi connectivity index (χ2n) is 3.10. The SMILES string of the molecule is NS(=O)(=O)c1cc(Cl)ccc1CCC[O]. The molecule has 15 heavy (non-hydrogen) atoms. The first-order valence-electron chi connectivity index (χ1n) is 4.34. The summed E-state index contributed by atoms with van der Waals surface area (Å²) in [7, 11) is -3.77. The van der Waals surface area contributed by atoms with Gasteiger partial charge in [0, 0.05) is 5.02 Å². The van der Waals surface area contributed by atoms with Gasteiger partial charge in [-0.1, -0.05) is 17.7 Å². The highest BCUT2D eigenvalue weighted by molar-refractivity contribution is 7.89. The molecule has 6 heteroatoms. The molecular weight excluding hydrogens is 238 g/mol. The minimum absolute atomic E-state index is 0.00319. The Morgan fingerprint density at radius 2 is 2.00 bits per heavy atom. The van der Waals surface area contributed by atoms with E-state index >= 15 is 0 Å². The van der Waals surface area contributed by atoms with Crippen molar-refractivity contribution in [1.82, 2.24) is 0 Å². The molecule has 1 rings (SSSR count). The van der Waals surface area contributed by atoms with Gasteiger partial charge in [-0.05, 0) is 30.5 Å². The van der Waals surface area contributed by atoms with Gasteiger partial charge >= 0.3 is 0 Å². The molecule has 2 N–H and O–H groups in total. The van der Waals surface area contributed by atoms with E-state index < -0.39 is 10.0 Å².